The van der Waals surface area contributed by atoms with E-state index in [4.69, 9.17) is 14.7 Å². The zero-order valence-electron chi connectivity index (χ0n) is 9.46. The van der Waals surface area contributed by atoms with Crippen LogP contribution in [0.25, 0.3) is 0 Å². The van der Waals surface area contributed by atoms with Gasteiger partial charge in [-0.05, 0) is 12.1 Å². The van der Waals surface area contributed by atoms with Crippen LogP contribution in [0.2, 0.25) is 0 Å². The second kappa shape index (κ2) is 6.13. The van der Waals surface area contributed by atoms with Gasteiger partial charge in [-0.2, -0.15) is 5.26 Å². The minimum Gasteiger partial charge on any atom is -0.375 e. The maximum Gasteiger partial charge on any atom is 0.173 e. The second-order valence-corrected chi connectivity index (χ2v) is 3.21. The Kier molecular flexibility index (Phi) is 4.82. The SMILES string of the molecule is COC(CNc1c(F)cc(C#N)cc1F)OC. The van der Waals surface area contributed by atoms with Gasteiger partial charge in [0.05, 0.1) is 18.2 Å². The molecule has 0 aliphatic rings. The molecule has 1 aromatic carbocycles. The maximum atomic E-state index is 13.4. The lowest BCUT2D eigenvalue weighted by Crippen LogP contribution is -2.24. The van der Waals surface area contributed by atoms with Gasteiger partial charge >= 0.3 is 0 Å². The van der Waals surface area contributed by atoms with Crippen LogP contribution in [0.1, 0.15) is 5.56 Å². The summed E-state index contributed by atoms with van der Waals surface area (Å²) in [4.78, 5) is 0. The molecule has 0 bridgehead atoms. The van der Waals surface area contributed by atoms with E-state index >= 15 is 0 Å². The number of halogens is 2. The molecule has 1 N–H and O–H groups in total. The second-order valence-electron chi connectivity index (χ2n) is 3.21. The van der Waals surface area contributed by atoms with Crippen molar-refractivity contribution in [1.82, 2.24) is 0 Å². The summed E-state index contributed by atoms with van der Waals surface area (Å²) in [6.07, 6.45) is -0.607. The number of hydrogen-bond donors (Lipinski definition) is 1. The van der Waals surface area contributed by atoms with Crippen LogP contribution in [0.3, 0.4) is 0 Å². The van der Waals surface area contributed by atoms with Crippen molar-refractivity contribution >= 4 is 5.69 Å². The van der Waals surface area contributed by atoms with Crippen LogP contribution >= 0.6 is 0 Å². The summed E-state index contributed by atoms with van der Waals surface area (Å²) in [6, 6.07) is 3.58. The summed E-state index contributed by atoms with van der Waals surface area (Å²) >= 11 is 0. The highest BCUT2D eigenvalue weighted by atomic mass is 19.1. The van der Waals surface area contributed by atoms with Crippen molar-refractivity contribution in [2.24, 2.45) is 0 Å². The van der Waals surface area contributed by atoms with Crippen molar-refractivity contribution in [3.05, 3.63) is 29.3 Å². The Morgan fingerprint density at radius 1 is 1.29 bits per heavy atom. The van der Waals surface area contributed by atoms with Gasteiger partial charge in [-0.25, -0.2) is 8.78 Å². The molecule has 0 aliphatic carbocycles. The van der Waals surface area contributed by atoms with Crippen LogP contribution in [-0.4, -0.2) is 27.1 Å². The molecule has 0 unspecified atom stereocenters. The normalized spacial score (nSPS) is 10.4. The van der Waals surface area contributed by atoms with Crippen molar-refractivity contribution in [1.29, 1.82) is 5.26 Å². The Bertz CT molecular complexity index is 405. The van der Waals surface area contributed by atoms with Gasteiger partial charge < -0.3 is 14.8 Å². The van der Waals surface area contributed by atoms with Gasteiger partial charge in [0.2, 0.25) is 0 Å². The summed E-state index contributed by atoms with van der Waals surface area (Å²) in [5.74, 6) is -1.65. The predicted octanol–water partition coefficient (Wildman–Crippen LogP) is 1.87. The van der Waals surface area contributed by atoms with Gasteiger partial charge in [-0.15, -0.1) is 0 Å². The number of nitrogens with zero attached hydrogens (tertiary/aromatic N) is 1. The molecule has 17 heavy (non-hydrogen) atoms. The molecule has 1 aromatic rings. The number of hydrogen-bond acceptors (Lipinski definition) is 4. The zero-order valence-corrected chi connectivity index (χ0v) is 9.46. The summed E-state index contributed by atoms with van der Waals surface area (Å²) in [7, 11) is 2.84. The highest BCUT2D eigenvalue weighted by Gasteiger charge is 2.13. The Hall–Kier alpha value is -1.71. The number of benzene rings is 1. The molecule has 0 saturated carbocycles. The van der Waals surface area contributed by atoms with E-state index in [0.29, 0.717) is 0 Å². The molecular formula is C11H12F2N2O2. The van der Waals surface area contributed by atoms with Crippen LogP contribution < -0.4 is 5.32 Å². The average Bonchev–Trinajstić information content (AvgIpc) is 2.32. The fourth-order valence-electron chi connectivity index (χ4n) is 1.25. The molecule has 1 rings (SSSR count). The highest BCUT2D eigenvalue weighted by Crippen LogP contribution is 2.20. The van der Waals surface area contributed by atoms with Gasteiger partial charge in [0, 0.05) is 14.2 Å². The summed E-state index contributed by atoms with van der Waals surface area (Å²) < 4.78 is 36.6. The van der Waals surface area contributed by atoms with Crippen molar-refractivity contribution < 1.29 is 18.3 Å². The van der Waals surface area contributed by atoms with Crippen molar-refractivity contribution in [2.75, 3.05) is 26.1 Å². The summed E-state index contributed by atoms with van der Waals surface area (Å²) in [6.45, 7) is 0.0900. The first-order chi connectivity index (χ1) is 8.12. The number of anilines is 1. The van der Waals surface area contributed by atoms with Crippen molar-refractivity contribution in [2.45, 2.75) is 6.29 Å². The fraction of sp³-hybridized carbons (Fsp3) is 0.364. The molecule has 6 heteroatoms. The summed E-state index contributed by atoms with van der Waals surface area (Å²) in [5, 5.41) is 11.1. The average molecular weight is 242 g/mol. The van der Waals surface area contributed by atoms with Crippen LogP contribution in [-0.2, 0) is 9.47 Å². The number of rotatable bonds is 5. The molecule has 0 amide bonds. The third-order valence-electron chi connectivity index (χ3n) is 2.14. The molecule has 0 aliphatic heterocycles. The number of methoxy groups -OCH3 is 2. The lowest BCUT2D eigenvalue weighted by atomic mass is 10.2. The molecule has 0 aromatic heterocycles. The third kappa shape index (κ3) is 3.37. The van der Waals surface area contributed by atoms with E-state index in [1.165, 1.54) is 14.2 Å². The third-order valence-corrected chi connectivity index (χ3v) is 2.14. The van der Waals surface area contributed by atoms with Gasteiger partial charge in [0.15, 0.2) is 17.9 Å². The molecule has 0 heterocycles. The molecular weight excluding hydrogens is 230 g/mol. The monoisotopic (exact) mass is 242 g/mol. The van der Waals surface area contributed by atoms with Crippen LogP contribution in [0.15, 0.2) is 12.1 Å². The molecule has 0 atom stereocenters. The predicted molar refractivity (Wildman–Crippen MR) is 57.4 cm³/mol. The fourth-order valence-corrected chi connectivity index (χ4v) is 1.25. The number of nitriles is 1. The van der Waals surface area contributed by atoms with Crippen molar-refractivity contribution in [3.63, 3.8) is 0 Å². The Balaban J connectivity index is 2.82. The van der Waals surface area contributed by atoms with E-state index < -0.39 is 17.9 Å². The molecule has 92 valence electrons. The first-order valence-electron chi connectivity index (χ1n) is 4.81. The lowest BCUT2D eigenvalue weighted by Gasteiger charge is -2.15. The lowest BCUT2D eigenvalue weighted by molar-refractivity contribution is -0.0914. The number of ether oxygens (including phenoxy) is 2. The zero-order chi connectivity index (χ0) is 12.8. The molecule has 0 radical (unpaired) electrons. The van der Waals surface area contributed by atoms with Gasteiger partial charge in [0.1, 0.15) is 5.69 Å². The first kappa shape index (κ1) is 13.4. The maximum absolute atomic E-state index is 13.4. The van der Waals surface area contributed by atoms with Crippen LogP contribution in [0, 0.1) is 23.0 Å². The van der Waals surface area contributed by atoms with Gasteiger partial charge in [-0.3, -0.25) is 0 Å². The van der Waals surface area contributed by atoms with Gasteiger partial charge in [0.25, 0.3) is 0 Å². The molecule has 0 fully saturated rings. The van der Waals surface area contributed by atoms with E-state index in [1.54, 1.807) is 6.07 Å². The van der Waals surface area contributed by atoms with Gasteiger partial charge in [-0.1, -0.05) is 0 Å². The summed E-state index contributed by atoms with van der Waals surface area (Å²) in [5.41, 5.74) is -0.372. The van der Waals surface area contributed by atoms with E-state index in [2.05, 4.69) is 5.32 Å². The molecule has 0 spiro atoms. The van der Waals surface area contributed by atoms with E-state index in [1.807, 2.05) is 0 Å². The Labute approximate surface area is 97.8 Å². The minimum absolute atomic E-state index is 0.0689. The van der Waals surface area contributed by atoms with E-state index in [9.17, 15) is 8.78 Å². The quantitative estimate of drug-likeness (QED) is 0.801. The number of nitrogens with one attached hydrogen (secondary N) is 1. The van der Waals surface area contributed by atoms with Crippen LogP contribution in [0.4, 0.5) is 14.5 Å². The topological polar surface area (TPSA) is 54.3 Å². The Morgan fingerprint density at radius 3 is 2.24 bits per heavy atom. The molecule has 0 saturated heterocycles. The standard InChI is InChI=1S/C11H12F2N2O2/c1-16-10(17-2)6-15-11-8(12)3-7(5-14)4-9(11)13/h3-4,10,15H,6H2,1-2H3. The van der Waals surface area contributed by atoms with Crippen molar-refractivity contribution in [3.8, 4) is 6.07 Å². The molecule has 4 nitrogen and oxygen atoms in total. The smallest absolute Gasteiger partial charge is 0.173 e. The Morgan fingerprint density at radius 2 is 1.82 bits per heavy atom. The van der Waals surface area contributed by atoms with E-state index in [0.717, 1.165) is 12.1 Å². The highest BCUT2D eigenvalue weighted by molar-refractivity contribution is 5.50. The van der Waals surface area contributed by atoms with E-state index in [-0.39, 0.29) is 17.8 Å². The minimum atomic E-state index is -0.826. The first-order valence-corrected chi connectivity index (χ1v) is 4.81. The van der Waals surface area contributed by atoms with Crippen LogP contribution in [0.5, 0.6) is 0 Å². The largest absolute Gasteiger partial charge is 0.375 e.